The number of hydrogen-bond acceptors (Lipinski definition) is 5. The van der Waals surface area contributed by atoms with Crippen molar-refractivity contribution in [1.82, 2.24) is 20.0 Å². The third-order valence-electron chi connectivity index (χ3n) is 6.17. The minimum atomic E-state index is 0.0250. The maximum absolute atomic E-state index is 13.2. The van der Waals surface area contributed by atoms with Crippen LogP contribution in [0.15, 0.2) is 36.9 Å². The molecule has 1 aromatic heterocycles. The van der Waals surface area contributed by atoms with Gasteiger partial charge in [0.05, 0.1) is 26.9 Å². The van der Waals surface area contributed by atoms with E-state index in [1.165, 1.54) is 11.3 Å². The molecule has 1 N–H and O–H groups in total. The number of amides is 1. The number of nitrogens with one attached hydrogen (secondary N) is 1. The van der Waals surface area contributed by atoms with Crippen molar-refractivity contribution in [3.8, 4) is 5.75 Å². The maximum Gasteiger partial charge on any atom is 0.274 e. The third-order valence-corrected chi connectivity index (χ3v) is 6.17. The van der Waals surface area contributed by atoms with Crippen molar-refractivity contribution in [2.75, 3.05) is 40.0 Å². The molecule has 1 aromatic carbocycles. The number of nitrogens with zero attached hydrogens (tertiary/aromatic N) is 3. The van der Waals surface area contributed by atoms with Crippen LogP contribution in [0.4, 0.5) is 0 Å². The van der Waals surface area contributed by atoms with E-state index in [1.54, 1.807) is 7.11 Å². The van der Waals surface area contributed by atoms with E-state index < -0.39 is 0 Å². The van der Waals surface area contributed by atoms with E-state index in [4.69, 9.17) is 14.6 Å². The lowest BCUT2D eigenvalue weighted by atomic mass is 9.91. The van der Waals surface area contributed by atoms with Crippen LogP contribution in [0.1, 0.15) is 33.7 Å². The molecule has 7 nitrogen and oxygen atoms in total. The summed E-state index contributed by atoms with van der Waals surface area (Å²) in [7, 11) is 1.71. The van der Waals surface area contributed by atoms with Gasteiger partial charge in [-0.25, -0.2) is 0 Å². The van der Waals surface area contributed by atoms with Gasteiger partial charge in [0.15, 0.2) is 5.69 Å². The minimum absolute atomic E-state index is 0.0250. The van der Waals surface area contributed by atoms with Crippen LogP contribution in [0.3, 0.4) is 0 Å². The first-order valence-corrected chi connectivity index (χ1v) is 11.1. The van der Waals surface area contributed by atoms with Crippen molar-refractivity contribution in [2.24, 2.45) is 0 Å². The summed E-state index contributed by atoms with van der Waals surface area (Å²) in [5.74, 6) is 0.955. The Kier molecular flexibility index (Phi) is 7.04. The monoisotopic (exact) mass is 424 g/mol. The average Bonchev–Trinajstić information content (AvgIpc) is 3.17. The summed E-state index contributed by atoms with van der Waals surface area (Å²) in [5, 5.41) is 8.40. The van der Waals surface area contributed by atoms with Gasteiger partial charge in [0.2, 0.25) is 0 Å². The van der Waals surface area contributed by atoms with Crippen molar-refractivity contribution in [3.05, 3.63) is 59.4 Å². The van der Waals surface area contributed by atoms with Crippen LogP contribution in [0.25, 0.3) is 0 Å². The molecule has 7 heteroatoms. The van der Waals surface area contributed by atoms with Crippen LogP contribution in [-0.2, 0) is 30.5 Å². The van der Waals surface area contributed by atoms with Gasteiger partial charge in [-0.05, 0) is 43.9 Å². The molecule has 2 aromatic rings. The van der Waals surface area contributed by atoms with Gasteiger partial charge in [0.1, 0.15) is 5.75 Å². The largest absolute Gasteiger partial charge is 0.496 e. The van der Waals surface area contributed by atoms with Gasteiger partial charge in [0.25, 0.3) is 5.91 Å². The molecule has 1 aliphatic carbocycles. The van der Waals surface area contributed by atoms with Crippen molar-refractivity contribution in [3.63, 3.8) is 0 Å². The topological polar surface area (TPSA) is 68.6 Å². The molecule has 1 saturated heterocycles. The molecule has 31 heavy (non-hydrogen) atoms. The fourth-order valence-corrected chi connectivity index (χ4v) is 4.54. The quantitative estimate of drug-likeness (QED) is 0.659. The van der Waals surface area contributed by atoms with Crippen LogP contribution in [0.5, 0.6) is 5.75 Å². The smallest absolute Gasteiger partial charge is 0.274 e. The summed E-state index contributed by atoms with van der Waals surface area (Å²) >= 11 is 0. The highest BCUT2D eigenvalue weighted by molar-refractivity contribution is 5.94. The van der Waals surface area contributed by atoms with Gasteiger partial charge in [-0.3, -0.25) is 9.48 Å². The summed E-state index contributed by atoms with van der Waals surface area (Å²) in [6.07, 6.45) is 5.52. The summed E-state index contributed by atoms with van der Waals surface area (Å²) in [6.45, 7) is 7.79. The number of allylic oxidation sites excluding steroid dienone is 1. The fraction of sp³-hybridized carbons (Fsp3) is 0.500. The Balaban J connectivity index is 1.45. The average molecular weight is 425 g/mol. The Morgan fingerprint density at radius 3 is 2.94 bits per heavy atom. The SMILES string of the molecule is C=CCn1nc(C(=O)N2CCOCC2)c2c1CC[C@H](NCCc1ccccc1OC)C2. The van der Waals surface area contributed by atoms with E-state index in [1.807, 2.05) is 33.9 Å². The molecule has 4 rings (SSSR count). The van der Waals surface area contributed by atoms with Crippen LogP contribution < -0.4 is 10.1 Å². The Hall–Kier alpha value is -2.64. The lowest BCUT2D eigenvalue weighted by Crippen LogP contribution is -2.42. The summed E-state index contributed by atoms with van der Waals surface area (Å²) < 4.78 is 12.8. The highest BCUT2D eigenvalue weighted by Crippen LogP contribution is 2.26. The zero-order chi connectivity index (χ0) is 21.6. The standard InChI is InChI=1S/C24H32N4O3/c1-3-12-28-21-9-8-19(25-11-10-18-6-4-5-7-22(18)30-2)17-20(21)23(26-28)24(29)27-13-15-31-16-14-27/h3-7,19,25H,1,8-17H2,2H3/t19-/m0/s1. The Labute approximate surface area is 184 Å². The lowest BCUT2D eigenvalue weighted by molar-refractivity contribution is 0.0297. The molecule has 0 spiro atoms. The molecule has 0 unspecified atom stereocenters. The normalized spacial score (nSPS) is 18.5. The molecule has 1 amide bonds. The maximum atomic E-state index is 13.2. The van der Waals surface area contributed by atoms with Gasteiger partial charge in [-0.2, -0.15) is 5.10 Å². The van der Waals surface area contributed by atoms with E-state index >= 15 is 0 Å². The number of carbonyl (C=O) groups is 1. The molecule has 1 aliphatic heterocycles. The highest BCUT2D eigenvalue weighted by Gasteiger charge is 2.31. The molecule has 166 valence electrons. The predicted molar refractivity (Wildman–Crippen MR) is 120 cm³/mol. The van der Waals surface area contributed by atoms with Gasteiger partial charge in [0, 0.05) is 30.4 Å². The fourth-order valence-electron chi connectivity index (χ4n) is 4.54. The number of rotatable bonds is 8. The number of para-hydroxylation sites is 1. The first kappa shape index (κ1) is 21.6. The van der Waals surface area contributed by atoms with Gasteiger partial charge in [-0.15, -0.1) is 6.58 Å². The van der Waals surface area contributed by atoms with E-state index in [0.717, 1.165) is 43.5 Å². The number of aromatic nitrogens is 2. The summed E-state index contributed by atoms with van der Waals surface area (Å²) in [4.78, 5) is 15.1. The minimum Gasteiger partial charge on any atom is -0.496 e. The van der Waals surface area contributed by atoms with Crippen molar-refractivity contribution in [1.29, 1.82) is 0 Å². The number of benzene rings is 1. The van der Waals surface area contributed by atoms with E-state index in [9.17, 15) is 4.79 Å². The molecule has 2 heterocycles. The van der Waals surface area contributed by atoms with Crippen molar-refractivity contribution >= 4 is 5.91 Å². The zero-order valence-corrected chi connectivity index (χ0v) is 18.3. The van der Waals surface area contributed by atoms with E-state index in [0.29, 0.717) is 44.6 Å². The number of ether oxygens (including phenoxy) is 2. The predicted octanol–water partition coefficient (Wildman–Crippen LogP) is 2.24. The van der Waals surface area contributed by atoms with Gasteiger partial charge >= 0.3 is 0 Å². The second kappa shape index (κ2) is 10.1. The van der Waals surface area contributed by atoms with Crippen LogP contribution >= 0.6 is 0 Å². The number of hydrogen-bond donors (Lipinski definition) is 1. The Morgan fingerprint density at radius 2 is 2.16 bits per heavy atom. The van der Waals surface area contributed by atoms with E-state index in [2.05, 4.69) is 18.0 Å². The number of carbonyl (C=O) groups excluding carboxylic acids is 1. The molecule has 1 atom stereocenters. The van der Waals surface area contributed by atoms with Crippen LogP contribution in [-0.4, -0.2) is 66.6 Å². The molecular weight excluding hydrogens is 392 g/mol. The highest BCUT2D eigenvalue weighted by atomic mass is 16.5. The van der Waals surface area contributed by atoms with Crippen molar-refractivity contribution < 1.29 is 14.3 Å². The molecule has 2 aliphatic rings. The summed E-state index contributed by atoms with van der Waals surface area (Å²) in [6, 6.07) is 8.48. The molecule has 1 fully saturated rings. The van der Waals surface area contributed by atoms with Gasteiger partial charge < -0.3 is 19.7 Å². The number of fused-ring (bicyclic) bond motifs is 1. The number of methoxy groups -OCH3 is 1. The van der Waals surface area contributed by atoms with Crippen molar-refractivity contribution in [2.45, 2.75) is 38.3 Å². The van der Waals surface area contributed by atoms with E-state index in [-0.39, 0.29) is 5.91 Å². The van der Waals surface area contributed by atoms with Crippen LogP contribution in [0, 0.1) is 0 Å². The second-order valence-electron chi connectivity index (χ2n) is 8.10. The first-order valence-electron chi connectivity index (χ1n) is 11.1. The summed E-state index contributed by atoms with van der Waals surface area (Å²) in [5.41, 5.74) is 4.09. The molecule has 0 bridgehead atoms. The Bertz CT molecular complexity index is 918. The molecule has 0 saturated carbocycles. The second-order valence-corrected chi connectivity index (χ2v) is 8.10. The van der Waals surface area contributed by atoms with Crippen LogP contribution in [0.2, 0.25) is 0 Å². The number of morpholine rings is 1. The lowest BCUT2D eigenvalue weighted by Gasteiger charge is -2.28. The molecular formula is C24H32N4O3. The Morgan fingerprint density at radius 1 is 1.35 bits per heavy atom. The van der Waals surface area contributed by atoms with Gasteiger partial charge in [-0.1, -0.05) is 24.3 Å². The zero-order valence-electron chi connectivity index (χ0n) is 18.3. The first-order chi connectivity index (χ1) is 15.2. The third kappa shape index (κ3) is 4.83. The molecule has 0 radical (unpaired) electrons.